The van der Waals surface area contributed by atoms with E-state index in [0.717, 1.165) is 10.5 Å². The maximum atomic E-state index is 10.1. The van der Waals surface area contributed by atoms with Crippen molar-refractivity contribution in [2.75, 3.05) is 6.61 Å². The molecule has 0 atom stereocenters. The van der Waals surface area contributed by atoms with Gasteiger partial charge in [0.2, 0.25) is 0 Å². The molecule has 0 fully saturated rings. The van der Waals surface area contributed by atoms with E-state index in [0.29, 0.717) is 5.75 Å². The maximum Gasteiger partial charge on any atom is 0.328 e. The third kappa shape index (κ3) is 3.62. The number of benzene rings is 1. The van der Waals surface area contributed by atoms with Crippen molar-refractivity contribution >= 4 is 21.9 Å². The first-order chi connectivity index (χ1) is 6.70. The summed E-state index contributed by atoms with van der Waals surface area (Å²) in [6, 6.07) is 7.39. The predicted octanol–water partition coefficient (Wildman–Crippen LogP) is 2.47. The fraction of sp³-hybridized carbons (Fsp3) is 0.100. The summed E-state index contributed by atoms with van der Waals surface area (Å²) in [5.41, 5.74) is 0. The zero-order valence-electron chi connectivity index (χ0n) is 7.31. The number of halogens is 1. The van der Waals surface area contributed by atoms with Gasteiger partial charge in [-0.25, -0.2) is 4.79 Å². The van der Waals surface area contributed by atoms with E-state index in [-0.39, 0.29) is 6.61 Å². The highest BCUT2D eigenvalue weighted by atomic mass is 79.9. The SMILES string of the molecule is O=C(O)C=CCOc1ccccc1Br. The molecule has 0 radical (unpaired) electrons. The molecule has 0 bridgehead atoms. The lowest BCUT2D eigenvalue weighted by atomic mass is 10.3. The summed E-state index contributed by atoms with van der Waals surface area (Å²) in [5.74, 6) is -0.275. The van der Waals surface area contributed by atoms with Gasteiger partial charge in [-0.2, -0.15) is 0 Å². The lowest BCUT2D eigenvalue weighted by Crippen LogP contribution is -1.95. The zero-order chi connectivity index (χ0) is 10.4. The van der Waals surface area contributed by atoms with Crippen LogP contribution in [-0.2, 0) is 4.79 Å². The third-order valence-electron chi connectivity index (χ3n) is 1.43. The minimum Gasteiger partial charge on any atom is -0.488 e. The quantitative estimate of drug-likeness (QED) is 0.843. The minimum atomic E-state index is -0.972. The Balaban J connectivity index is 2.46. The van der Waals surface area contributed by atoms with Crippen LogP contribution < -0.4 is 4.74 Å². The second-order valence-electron chi connectivity index (χ2n) is 2.48. The van der Waals surface area contributed by atoms with Crippen LogP contribution in [-0.4, -0.2) is 17.7 Å². The third-order valence-corrected chi connectivity index (χ3v) is 2.09. The van der Waals surface area contributed by atoms with Crippen LogP contribution in [0.2, 0.25) is 0 Å². The van der Waals surface area contributed by atoms with Crippen molar-refractivity contribution in [1.82, 2.24) is 0 Å². The predicted molar refractivity (Wildman–Crippen MR) is 56.4 cm³/mol. The summed E-state index contributed by atoms with van der Waals surface area (Å²) < 4.78 is 6.14. The second kappa shape index (κ2) is 5.44. The second-order valence-corrected chi connectivity index (χ2v) is 3.34. The first kappa shape index (κ1) is 10.8. The Bertz CT molecular complexity index is 347. The van der Waals surface area contributed by atoms with E-state index in [2.05, 4.69) is 15.9 Å². The van der Waals surface area contributed by atoms with E-state index in [1.54, 1.807) is 6.07 Å². The van der Waals surface area contributed by atoms with Gasteiger partial charge in [0.05, 0.1) is 4.47 Å². The highest BCUT2D eigenvalue weighted by molar-refractivity contribution is 9.10. The highest BCUT2D eigenvalue weighted by Crippen LogP contribution is 2.23. The Morgan fingerprint density at radius 2 is 2.21 bits per heavy atom. The molecule has 0 unspecified atom stereocenters. The van der Waals surface area contributed by atoms with Gasteiger partial charge in [0.15, 0.2) is 0 Å². The van der Waals surface area contributed by atoms with Gasteiger partial charge in [-0.05, 0) is 34.1 Å². The smallest absolute Gasteiger partial charge is 0.328 e. The van der Waals surface area contributed by atoms with Crippen LogP contribution in [0.5, 0.6) is 5.75 Å². The molecule has 1 N–H and O–H groups in total. The Morgan fingerprint density at radius 1 is 1.50 bits per heavy atom. The molecular formula is C10H9BrO3. The number of carboxylic acids is 1. The Labute approximate surface area is 90.1 Å². The van der Waals surface area contributed by atoms with Gasteiger partial charge in [-0.3, -0.25) is 0 Å². The first-order valence-corrected chi connectivity index (χ1v) is 4.76. The van der Waals surface area contributed by atoms with Crippen LogP contribution in [0.4, 0.5) is 0 Å². The van der Waals surface area contributed by atoms with Crippen molar-refractivity contribution in [2.45, 2.75) is 0 Å². The van der Waals surface area contributed by atoms with Crippen LogP contribution in [0.15, 0.2) is 40.9 Å². The molecule has 3 nitrogen and oxygen atoms in total. The topological polar surface area (TPSA) is 46.5 Å². The van der Waals surface area contributed by atoms with Crippen molar-refractivity contribution in [3.05, 3.63) is 40.9 Å². The van der Waals surface area contributed by atoms with Crippen molar-refractivity contribution in [3.63, 3.8) is 0 Å². The number of carboxylic acid groups (broad SMARTS) is 1. The molecule has 1 aromatic rings. The van der Waals surface area contributed by atoms with E-state index < -0.39 is 5.97 Å². The van der Waals surface area contributed by atoms with Gasteiger partial charge >= 0.3 is 5.97 Å². The van der Waals surface area contributed by atoms with Crippen molar-refractivity contribution in [2.24, 2.45) is 0 Å². The van der Waals surface area contributed by atoms with Crippen molar-refractivity contribution < 1.29 is 14.6 Å². The summed E-state index contributed by atoms with van der Waals surface area (Å²) in [4.78, 5) is 10.1. The fourth-order valence-corrected chi connectivity index (χ4v) is 1.25. The molecule has 0 aromatic heterocycles. The zero-order valence-corrected chi connectivity index (χ0v) is 8.90. The molecule has 74 valence electrons. The first-order valence-electron chi connectivity index (χ1n) is 3.97. The summed E-state index contributed by atoms with van der Waals surface area (Å²) in [6.07, 6.45) is 2.50. The summed E-state index contributed by atoms with van der Waals surface area (Å²) in [5, 5.41) is 8.31. The minimum absolute atomic E-state index is 0.245. The molecule has 0 amide bonds. The van der Waals surface area contributed by atoms with Gasteiger partial charge in [0, 0.05) is 6.08 Å². The van der Waals surface area contributed by atoms with E-state index >= 15 is 0 Å². The molecule has 1 aromatic carbocycles. The molecule has 0 aliphatic carbocycles. The number of hydrogen-bond acceptors (Lipinski definition) is 2. The standard InChI is InChI=1S/C10H9BrO3/c11-8-4-1-2-5-9(8)14-7-3-6-10(12)13/h1-6H,7H2,(H,12,13). The Morgan fingerprint density at radius 3 is 2.86 bits per heavy atom. The van der Waals surface area contributed by atoms with E-state index in [1.807, 2.05) is 18.2 Å². The van der Waals surface area contributed by atoms with Crippen LogP contribution in [0, 0.1) is 0 Å². The lowest BCUT2D eigenvalue weighted by molar-refractivity contribution is -0.131. The van der Waals surface area contributed by atoms with Gasteiger partial charge in [0.25, 0.3) is 0 Å². The summed E-state index contributed by atoms with van der Waals surface area (Å²) in [7, 11) is 0. The van der Waals surface area contributed by atoms with E-state index in [9.17, 15) is 4.79 Å². The van der Waals surface area contributed by atoms with Crippen LogP contribution >= 0.6 is 15.9 Å². The van der Waals surface area contributed by atoms with Crippen molar-refractivity contribution in [1.29, 1.82) is 0 Å². The highest BCUT2D eigenvalue weighted by Gasteiger charge is 1.96. The average molecular weight is 257 g/mol. The Hall–Kier alpha value is -1.29. The summed E-state index contributed by atoms with van der Waals surface area (Å²) >= 11 is 3.31. The molecular weight excluding hydrogens is 248 g/mol. The number of rotatable bonds is 4. The number of aliphatic carboxylic acids is 1. The normalized spacial score (nSPS) is 10.4. The van der Waals surface area contributed by atoms with Gasteiger partial charge in [0.1, 0.15) is 12.4 Å². The van der Waals surface area contributed by atoms with Crippen LogP contribution in [0.25, 0.3) is 0 Å². The molecule has 14 heavy (non-hydrogen) atoms. The van der Waals surface area contributed by atoms with E-state index in [1.165, 1.54) is 6.08 Å². The maximum absolute atomic E-state index is 10.1. The van der Waals surface area contributed by atoms with Crippen LogP contribution in [0.1, 0.15) is 0 Å². The number of carbonyl (C=O) groups is 1. The molecule has 0 aliphatic heterocycles. The van der Waals surface area contributed by atoms with Gasteiger partial charge in [-0.1, -0.05) is 12.1 Å². The number of ether oxygens (including phenoxy) is 1. The molecule has 0 spiro atoms. The lowest BCUT2D eigenvalue weighted by Gasteiger charge is -2.04. The van der Waals surface area contributed by atoms with Gasteiger partial charge < -0.3 is 9.84 Å². The van der Waals surface area contributed by atoms with Gasteiger partial charge in [-0.15, -0.1) is 0 Å². The van der Waals surface area contributed by atoms with Crippen molar-refractivity contribution in [3.8, 4) is 5.75 Å². The molecule has 0 saturated carbocycles. The molecule has 4 heteroatoms. The monoisotopic (exact) mass is 256 g/mol. The Kier molecular flexibility index (Phi) is 4.19. The van der Waals surface area contributed by atoms with E-state index in [4.69, 9.17) is 9.84 Å². The number of para-hydroxylation sites is 1. The average Bonchev–Trinajstić information content (AvgIpc) is 2.15. The molecule has 0 saturated heterocycles. The molecule has 1 rings (SSSR count). The molecule has 0 aliphatic rings. The molecule has 0 heterocycles. The van der Waals surface area contributed by atoms with Crippen LogP contribution in [0.3, 0.4) is 0 Å². The summed E-state index contributed by atoms with van der Waals surface area (Å²) in [6.45, 7) is 0.245. The fourth-order valence-electron chi connectivity index (χ4n) is 0.849. The number of hydrogen-bond donors (Lipinski definition) is 1. The largest absolute Gasteiger partial charge is 0.488 e.